The Morgan fingerprint density at radius 1 is 1.08 bits per heavy atom. The van der Waals surface area contributed by atoms with Crippen molar-refractivity contribution < 1.29 is 9.53 Å². The second-order valence-electron chi connectivity index (χ2n) is 6.24. The third kappa shape index (κ3) is 4.43. The minimum atomic E-state index is -0.521. The summed E-state index contributed by atoms with van der Waals surface area (Å²) < 4.78 is 5.88. The minimum absolute atomic E-state index is 0.0122. The van der Waals surface area contributed by atoms with Gasteiger partial charge in [-0.05, 0) is 36.8 Å². The number of carbonyl (C=O) groups excluding carboxylic acids is 1. The van der Waals surface area contributed by atoms with E-state index in [-0.39, 0.29) is 5.91 Å². The maximum absolute atomic E-state index is 12.9. The molecule has 1 saturated heterocycles. The zero-order chi connectivity index (χ0) is 18.5. The number of rotatable bonds is 5. The Labute approximate surface area is 164 Å². The number of halogens is 2. The fourth-order valence-corrected chi connectivity index (χ4v) is 3.43. The summed E-state index contributed by atoms with van der Waals surface area (Å²) >= 11 is 12.2. The number of ether oxygens (including phenoxy) is 1. The third-order valence-corrected chi connectivity index (χ3v) is 5.06. The van der Waals surface area contributed by atoms with E-state index in [1.807, 2.05) is 48.2 Å². The lowest BCUT2D eigenvalue weighted by Crippen LogP contribution is -2.52. The fourth-order valence-electron chi connectivity index (χ4n) is 3.06. The number of benzene rings is 2. The predicted molar refractivity (Wildman–Crippen MR) is 106 cm³/mol. The van der Waals surface area contributed by atoms with Crippen molar-refractivity contribution in [1.82, 2.24) is 4.90 Å². The molecule has 1 fully saturated rings. The summed E-state index contributed by atoms with van der Waals surface area (Å²) in [6.07, 6.45) is 0.0751. The van der Waals surface area contributed by atoms with Crippen molar-refractivity contribution in [3.63, 3.8) is 0 Å². The van der Waals surface area contributed by atoms with Gasteiger partial charge in [-0.15, -0.1) is 0 Å². The van der Waals surface area contributed by atoms with Crippen LogP contribution >= 0.6 is 23.2 Å². The van der Waals surface area contributed by atoms with Crippen molar-refractivity contribution in [2.24, 2.45) is 0 Å². The van der Waals surface area contributed by atoms with Crippen molar-refractivity contribution in [3.05, 3.63) is 58.6 Å². The highest BCUT2D eigenvalue weighted by Gasteiger charge is 2.28. The molecule has 0 spiro atoms. The van der Waals surface area contributed by atoms with Crippen LogP contribution in [0, 0.1) is 0 Å². The molecule has 4 nitrogen and oxygen atoms in total. The monoisotopic (exact) mass is 392 g/mol. The van der Waals surface area contributed by atoms with Crippen molar-refractivity contribution in [1.29, 1.82) is 0 Å². The lowest BCUT2D eigenvalue weighted by molar-refractivity contribution is -0.139. The van der Waals surface area contributed by atoms with Gasteiger partial charge in [-0.3, -0.25) is 4.79 Å². The summed E-state index contributed by atoms with van der Waals surface area (Å²) in [6.45, 7) is 4.81. The van der Waals surface area contributed by atoms with Crippen LogP contribution in [-0.2, 0) is 4.79 Å². The van der Waals surface area contributed by atoms with Crippen LogP contribution < -0.4 is 9.64 Å². The van der Waals surface area contributed by atoms with Gasteiger partial charge in [-0.1, -0.05) is 48.3 Å². The van der Waals surface area contributed by atoms with Crippen LogP contribution in [0.4, 0.5) is 5.69 Å². The zero-order valence-electron chi connectivity index (χ0n) is 14.7. The Morgan fingerprint density at radius 2 is 1.81 bits per heavy atom. The largest absolute Gasteiger partial charge is 0.479 e. The first-order chi connectivity index (χ1) is 12.6. The standard InChI is InChI=1S/C20H22Cl2N2O2/c1-2-18(26-19-9-4-3-8-17(19)22)20(25)24-12-10-23(11-13-24)16-7-5-6-15(21)14-16/h3-9,14,18H,2,10-13H2,1H3/t18-/m0/s1. The Bertz CT molecular complexity index is 761. The molecule has 3 rings (SSSR count). The molecule has 138 valence electrons. The summed E-state index contributed by atoms with van der Waals surface area (Å²) in [5.41, 5.74) is 1.09. The summed E-state index contributed by atoms with van der Waals surface area (Å²) in [4.78, 5) is 17.0. The number of para-hydroxylation sites is 1. The van der Waals surface area contributed by atoms with E-state index in [0.717, 1.165) is 23.8 Å². The molecule has 2 aromatic rings. The van der Waals surface area contributed by atoms with Crippen molar-refractivity contribution in [2.75, 3.05) is 31.1 Å². The van der Waals surface area contributed by atoms with E-state index in [1.165, 1.54) is 0 Å². The molecule has 1 aliphatic rings. The van der Waals surface area contributed by atoms with E-state index in [4.69, 9.17) is 27.9 Å². The molecule has 0 N–H and O–H groups in total. The number of amides is 1. The first kappa shape index (κ1) is 18.9. The van der Waals surface area contributed by atoms with Gasteiger partial charge in [0, 0.05) is 36.9 Å². The van der Waals surface area contributed by atoms with Crippen LogP contribution in [0.1, 0.15) is 13.3 Å². The second-order valence-corrected chi connectivity index (χ2v) is 7.08. The van der Waals surface area contributed by atoms with Gasteiger partial charge < -0.3 is 14.5 Å². The molecule has 1 amide bonds. The highest BCUT2D eigenvalue weighted by atomic mass is 35.5. The first-order valence-corrected chi connectivity index (χ1v) is 9.54. The second kappa shape index (κ2) is 8.65. The van der Waals surface area contributed by atoms with Gasteiger partial charge in [0.05, 0.1) is 5.02 Å². The quantitative estimate of drug-likeness (QED) is 0.750. The molecule has 1 atom stereocenters. The number of carbonyl (C=O) groups is 1. The highest BCUT2D eigenvalue weighted by Crippen LogP contribution is 2.26. The van der Waals surface area contributed by atoms with E-state index in [0.29, 0.717) is 30.3 Å². The predicted octanol–water partition coefficient (Wildman–Crippen LogP) is 4.50. The molecule has 1 heterocycles. The zero-order valence-corrected chi connectivity index (χ0v) is 16.2. The van der Waals surface area contributed by atoms with Crippen LogP contribution in [0.5, 0.6) is 5.75 Å². The number of piperazine rings is 1. The Balaban J connectivity index is 1.60. The minimum Gasteiger partial charge on any atom is -0.479 e. The Kier molecular flexibility index (Phi) is 6.28. The molecule has 26 heavy (non-hydrogen) atoms. The van der Waals surface area contributed by atoms with Gasteiger partial charge in [0.25, 0.3) is 5.91 Å². The van der Waals surface area contributed by atoms with Gasteiger partial charge in [-0.2, -0.15) is 0 Å². The van der Waals surface area contributed by atoms with Crippen LogP contribution in [0.2, 0.25) is 10.0 Å². The van der Waals surface area contributed by atoms with Gasteiger partial charge >= 0.3 is 0 Å². The molecule has 0 saturated carbocycles. The third-order valence-electron chi connectivity index (χ3n) is 4.52. The van der Waals surface area contributed by atoms with E-state index in [2.05, 4.69) is 4.90 Å². The van der Waals surface area contributed by atoms with Crippen LogP contribution in [0.3, 0.4) is 0 Å². The molecular weight excluding hydrogens is 371 g/mol. The van der Waals surface area contributed by atoms with E-state index in [1.54, 1.807) is 12.1 Å². The van der Waals surface area contributed by atoms with Crippen molar-refractivity contribution >= 4 is 34.8 Å². The molecule has 2 aromatic carbocycles. The Morgan fingerprint density at radius 3 is 2.46 bits per heavy atom. The molecular formula is C20H22Cl2N2O2. The maximum Gasteiger partial charge on any atom is 0.263 e. The molecule has 0 radical (unpaired) electrons. The number of hydrogen-bond donors (Lipinski definition) is 0. The number of hydrogen-bond acceptors (Lipinski definition) is 3. The molecule has 0 aliphatic carbocycles. The highest BCUT2D eigenvalue weighted by molar-refractivity contribution is 6.32. The molecule has 0 unspecified atom stereocenters. The topological polar surface area (TPSA) is 32.8 Å². The van der Waals surface area contributed by atoms with Crippen molar-refractivity contribution in [3.8, 4) is 5.75 Å². The number of anilines is 1. The van der Waals surface area contributed by atoms with E-state index >= 15 is 0 Å². The lowest BCUT2D eigenvalue weighted by atomic mass is 10.2. The average molecular weight is 393 g/mol. The van der Waals surface area contributed by atoms with Gasteiger partial charge in [-0.25, -0.2) is 0 Å². The van der Waals surface area contributed by atoms with Crippen LogP contribution in [0.15, 0.2) is 48.5 Å². The molecule has 6 heteroatoms. The lowest BCUT2D eigenvalue weighted by Gasteiger charge is -2.37. The van der Waals surface area contributed by atoms with E-state index < -0.39 is 6.10 Å². The summed E-state index contributed by atoms with van der Waals surface area (Å²) in [5.74, 6) is 0.560. The molecule has 0 bridgehead atoms. The fraction of sp³-hybridized carbons (Fsp3) is 0.350. The smallest absolute Gasteiger partial charge is 0.263 e. The molecule has 0 aromatic heterocycles. The maximum atomic E-state index is 12.9. The first-order valence-electron chi connectivity index (χ1n) is 8.79. The van der Waals surface area contributed by atoms with Crippen molar-refractivity contribution in [2.45, 2.75) is 19.4 Å². The SMILES string of the molecule is CC[C@H](Oc1ccccc1Cl)C(=O)N1CCN(c2cccc(Cl)c2)CC1. The van der Waals surface area contributed by atoms with E-state index in [9.17, 15) is 4.79 Å². The van der Waals surface area contributed by atoms with Crippen LogP contribution in [-0.4, -0.2) is 43.1 Å². The van der Waals surface area contributed by atoms with Crippen LogP contribution in [0.25, 0.3) is 0 Å². The van der Waals surface area contributed by atoms with Gasteiger partial charge in [0.1, 0.15) is 5.75 Å². The summed E-state index contributed by atoms with van der Waals surface area (Å²) in [7, 11) is 0. The normalized spacial score (nSPS) is 15.7. The van der Waals surface area contributed by atoms with Gasteiger partial charge in [0.15, 0.2) is 6.10 Å². The average Bonchev–Trinajstić information content (AvgIpc) is 2.67. The number of nitrogens with zero attached hydrogens (tertiary/aromatic N) is 2. The summed E-state index contributed by atoms with van der Waals surface area (Å²) in [5, 5.41) is 1.24. The molecule has 1 aliphatic heterocycles. The Hall–Kier alpha value is -1.91. The van der Waals surface area contributed by atoms with Gasteiger partial charge in [0.2, 0.25) is 0 Å². The summed E-state index contributed by atoms with van der Waals surface area (Å²) in [6, 6.07) is 15.0.